The number of nitrogens with zero attached hydrogens (tertiary/aromatic N) is 2. The van der Waals surface area contributed by atoms with Crippen molar-refractivity contribution >= 4 is 33.4 Å². The van der Waals surface area contributed by atoms with Gasteiger partial charge in [0.1, 0.15) is 22.4 Å². The van der Waals surface area contributed by atoms with E-state index < -0.39 is 0 Å². The molecule has 0 aliphatic rings. The van der Waals surface area contributed by atoms with E-state index in [1.54, 1.807) is 51.0 Å². The second kappa shape index (κ2) is 10.1. The molecule has 0 aliphatic heterocycles. The van der Waals surface area contributed by atoms with E-state index in [1.807, 2.05) is 36.4 Å². The lowest BCUT2D eigenvalue weighted by Gasteiger charge is -2.15. The number of benzene rings is 3. The highest BCUT2D eigenvalue weighted by Crippen LogP contribution is 2.40. The Morgan fingerprint density at radius 1 is 0.946 bits per heavy atom. The quantitative estimate of drug-likeness (QED) is 0.258. The Hall–Kier alpha value is -4.17. The van der Waals surface area contributed by atoms with E-state index in [0.717, 1.165) is 5.56 Å². The van der Waals surface area contributed by atoms with Crippen molar-refractivity contribution in [2.75, 3.05) is 27.9 Å². The summed E-state index contributed by atoms with van der Waals surface area (Å²) >= 11 is 6.54. The highest BCUT2D eigenvalue weighted by molar-refractivity contribution is 6.37. The van der Waals surface area contributed by atoms with Crippen LogP contribution in [-0.4, -0.2) is 37.7 Å². The number of aromatic nitrogens is 2. The van der Waals surface area contributed by atoms with Crippen LogP contribution in [0.4, 0.5) is 0 Å². The molecule has 5 aromatic rings. The maximum Gasteiger partial charge on any atom is 0.268 e. The Kier molecular flexibility index (Phi) is 6.67. The maximum absolute atomic E-state index is 13.6. The molecule has 190 valence electrons. The predicted octanol–water partition coefficient (Wildman–Crippen LogP) is 5.74. The molecule has 8 nitrogen and oxygen atoms in total. The third-order valence-corrected chi connectivity index (χ3v) is 6.53. The van der Waals surface area contributed by atoms with E-state index in [9.17, 15) is 4.79 Å². The van der Waals surface area contributed by atoms with Crippen molar-refractivity contribution in [1.29, 1.82) is 0 Å². The number of hydrogen-bond donors (Lipinski definition) is 0. The van der Waals surface area contributed by atoms with Crippen molar-refractivity contribution in [3.8, 4) is 28.7 Å². The highest BCUT2D eigenvalue weighted by atomic mass is 35.5. The third-order valence-electron chi connectivity index (χ3n) is 6.22. The summed E-state index contributed by atoms with van der Waals surface area (Å²) in [5.74, 6) is 2.58. The lowest BCUT2D eigenvalue weighted by molar-refractivity contribution is 0.301. The molecular weight excluding hydrogens is 496 g/mol. The van der Waals surface area contributed by atoms with Gasteiger partial charge in [-0.3, -0.25) is 9.36 Å². The van der Waals surface area contributed by atoms with Crippen molar-refractivity contribution < 1.29 is 23.5 Å². The van der Waals surface area contributed by atoms with Crippen LogP contribution in [0.1, 0.15) is 11.3 Å². The maximum atomic E-state index is 13.6. The molecule has 0 fully saturated rings. The first kappa shape index (κ1) is 24.5. The number of hydrogen-bond acceptors (Lipinski definition) is 7. The van der Waals surface area contributed by atoms with Crippen LogP contribution in [0, 0.1) is 6.92 Å². The van der Waals surface area contributed by atoms with Crippen molar-refractivity contribution in [1.82, 2.24) is 9.72 Å². The molecule has 2 heterocycles. The smallest absolute Gasteiger partial charge is 0.268 e. The van der Waals surface area contributed by atoms with Gasteiger partial charge in [0, 0.05) is 29.6 Å². The summed E-state index contributed by atoms with van der Waals surface area (Å²) in [6, 6.07) is 16.7. The SMILES string of the molecule is COc1cc(OCCc2cccc(-n3c(=O)c4c(C)onc4c4c(Cl)cccc43)c2)cc(OC)c1OC. The summed E-state index contributed by atoms with van der Waals surface area (Å²) in [7, 11) is 4.67. The Morgan fingerprint density at radius 3 is 2.38 bits per heavy atom. The minimum Gasteiger partial charge on any atom is -0.493 e. The number of methoxy groups -OCH3 is 3. The normalized spacial score (nSPS) is 11.2. The fourth-order valence-corrected chi connectivity index (χ4v) is 4.74. The summed E-state index contributed by atoms with van der Waals surface area (Å²) in [5.41, 5.74) is 2.62. The summed E-state index contributed by atoms with van der Waals surface area (Å²) in [6.07, 6.45) is 0.604. The fourth-order valence-electron chi connectivity index (χ4n) is 4.48. The molecule has 0 aliphatic carbocycles. The molecule has 0 atom stereocenters. The largest absolute Gasteiger partial charge is 0.493 e. The number of rotatable bonds is 8. The van der Waals surface area contributed by atoms with Gasteiger partial charge in [-0.15, -0.1) is 0 Å². The molecule has 0 spiro atoms. The average molecular weight is 521 g/mol. The fraction of sp³-hybridized carbons (Fsp3) is 0.214. The topological polar surface area (TPSA) is 85.0 Å². The monoisotopic (exact) mass is 520 g/mol. The third kappa shape index (κ3) is 4.34. The molecule has 37 heavy (non-hydrogen) atoms. The van der Waals surface area contributed by atoms with Gasteiger partial charge in [-0.25, -0.2) is 0 Å². The summed E-state index contributed by atoms with van der Waals surface area (Å²) in [5, 5.41) is 5.70. The van der Waals surface area contributed by atoms with Gasteiger partial charge in [-0.05, 0) is 36.8 Å². The van der Waals surface area contributed by atoms with Gasteiger partial charge in [0.15, 0.2) is 11.5 Å². The Labute approximate surface area is 217 Å². The van der Waals surface area contributed by atoms with Gasteiger partial charge < -0.3 is 23.5 Å². The van der Waals surface area contributed by atoms with E-state index >= 15 is 0 Å². The molecule has 0 saturated carbocycles. The molecule has 0 amide bonds. The molecule has 9 heteroatoms. The van der Waals surface area contributed by atoms with E-state index in [-0.39, 0.29) is 5.56 Å². The zero-order chi connectivity index (χ0) is 26.1. The number of aryl methyl sites for hydroxylation is 1. The molecule has 0 saturated heterocycles. The Morgan fingerprint density at radius 2 is 1.68 bits per heavy atom. The molecule has 5 rings (SSSR count). The van der Waals surface area contributed by atoms with Crippen LogP contribution in [0.25, 0.3) is 27.5 Å². The minimum absolute atomic E-state index is 0.214. The number of ether oxygens (including phenoxy) is 4. The second-order valence-electron chi connectivity index (χ2n) is 8.37. The number of halogens is 1. The van der Waals surface area contributed by atoms with Crippen molar-refractivity contribution in [3.63, 3.8) is 0 Å². The van der Waals surface area contributed by atoms with Crippen molar-refractivity contribution in [2.45, 2.75) is 13.3 Å². The zero-order valence-corrected chi connectivity index (χ0v) is 21.6. The van der Waals surface area contributed by atoms with Crippen LogP contribution in [0.3, 0.4) is 0 Å². The van der Waals surface area contributed by atoms with Gasteiger partial charge in [-0.2, -0.15) is 0 Å². The second-order valence-corrected chi connectivity index (χ2v) is 8.77. The number of fused-ring (bicyclic) bond motifs is 3. The van der Waals surface area contributed by atoms with Crippen LogP contribution >= 0.6 is 11.6 Å². The first-order valence-corrected chi connectivity index (χ1v) is 12.0. The summed E-state index contributed by atoms with van der Waals surface area (Å²) < 4.78 is 29.2. The first-order chi connectivity index (χ1) is 18.0. The highest BCUT2D eigenvalue weighted by Gasteiger charge is 2.20. The standard InChI is InChI=1S/C28H25ClN2O6/c1-16-24-26(30-37-16)25-20(29)9-6-10-21(25)31(28(24)32)18-8-5-7-17(13-18)11-12-36-19-14-22(33-2)27(35-4)23(15-19)34-3/h5-10,13-15H,11-12H2,1-4H3. The van der Waals surface area contributed by atoms with E-state index in [2.05, 4.69) is 5.16 Å². The lowest BCUT2D eigenvalue weighted by Crippen LogP contribution is -2.19. The van der Waals surface area contributed by atoms with Crippen molar-refractivity contribution in [2.24, 2.45) is 0 Å². The Bertz CT molecular complexity index is 1650. The minimum atomic E-state index is -0.214. The van der Waals surface area contributed by atoms with E-state index in [1.165, 1.54) is 0 Å². The summed E-state index contributed by atoms with van der Waals surface area (Å²) in [6.45, 7) is 2.12. The molecule has 3 aromatic carbocycles. The van der Waals surface area contributed by atoms with Crippen LogP contribution in [0.2, 0.25) is 5.02 Å². The molecule has 0 N–H and O–H groups in total. The molecular formula is C28H25ClN2O6. The van der Waals surface area contributed by atoms with Gasteiger partial charge in [0.2, 0.25) is 5.75 Å². The van der Waals surface area contributed by atoms with Gasteiger partial charge in [0.05, 0.1) is 38.5 Å². The molecule has 2 aromatic heterocycles. The van der Waals surface area contributed by atoms with Crippen LogP contribution in [0.5, 0.6) is 23.0 Å². The van der Waals surface area contributed by atoms with Gasteiger partial charge >= 0.3 is 0 Å². The predicted molar refractivity (Wildman–Crippen MR) is 142 cm³/mol. The van der Waals surface area contributed by atoms with Gasteiger partial charge in [0.25, 0.3) is 5.56 Å². The van der Waals surface area contributed by atoms with E-state index in [0.29, 0.717) is 74.3 Å². The summed E-state index contributed by atoms with van der Waals surface area (Å²) in [4.78, 5) is 13.6. The van der Waals surface area contributed by atoms with Crippen LogP contribution in [0.15, 0.2) is 63.9 Å². The zero-order valence-electron chi connectivity index (χ0n) is 20.8. The van der Waals surface area contributed by atoms with Gasteiger partial charge in [-0.1, -0.05) is 35.0 Å². The average Bonchev–Trinajstić information content (AvgIpc) is 3.30. The van der Waals surface area contributed by atoms with Crippen molar-refractivity contribution in [3.05, 3.63) is 81.3 Å². The first-order valence-electron chi connectivity index (χ1n) is 11.6. The van der Waals surface area contributed by atoms with Crippen LogP contribution < -0.4 is 24.5 Å². The lowest BCUT2D eigenvalue weighted by atomic mass is 10.1. The molecule has 0 unspecified atom stereocenters. The van der Waals surface area contributed by atoms with E-state index in [4.69, 9.17) is 35.1 Å². The molecule has 0 radical (unpaired) electrons. The molecule has 0 bridgehead atoms. The number of pyridine rings is 1. The van der Waals surface area contributed by atoms with Crippen LogP contribution in [-0.2, 0) is 6.42 Å². The Balaban J connectivity index is 1.47.